The van der Waals surface area contributed by atoms with Gasteiger partial charge in [0.2, 0.25) is 5.91 Å². The number of nitrogens with one attached hydrogen (secondary N) is 2. The zero-order valence-corrected chi connectivity index (χ0v) is 11.1. The molecule has 0 bridgehead atoms. The summed E-state index contributed by atoms with van der Waals surface area (Å²) in [6, 6.07) is 0.615. The Balaban J connectivity index is 2.13. The highest BCUT2D eigenvalue weighted by Gasteiger charge is 2.13. The van der Waals surface area contributed by atoms with E-state index in [9.17, 15) is 4.79 Å². The Bertz CT molecular complexity index is 213. The number of amides is 1. The number of carbonyl (C=O) groups is 1. The smallest absolute Gasteiger partial charge is 0.234 e. The average molecular weight is 242 g/mol. The molecule has 1 rings (SSSR count). The minimum Gasteiger partial charge on any atom is -0.383 e. The molecule has 0 radical (unpaired) electrons. The van der Waals surface area contributed by atoms with Gasteiger partial charge in [-0.05, 0) is 19.8 Å². The summed E-state index contributed by atoms with van der Waals surface area (Å²) in [6.07, 6.45) is 7.69. The third-order valence-corrected chi connectivity index (χ3v) is 3.23. The van der Waals surface area contributed by atoms with Crippen LogP contribution in [0.4, 0.5) is 0 Å². The van der Waals surface area contributed by atoms with E-state index < -0.39 is 0 Å². The molecule has 4 nitrogen and oxygen atoms in total. The molecule has 1 aliphatic carbocycles. The van der Waals surface area contributed by atoms with Crippen molar-refractivity contribution < 1.29 is 9.53 Å². The Labute approximate surface area is 104 Å². The lowest BCUT2D eigenvalue weighted by Crippen LogP contribution is -2.43. The van der Waals surface area contributed by atoms with Crippen molar-refractivity contribution in [2.75, 3.05) is 20.3 Å². The molecular formula is C13H26N2O2. The van der Waals surface area contributed by atoms with Crippen LogP contribution in [0.5, 0.6) is 0 Å². The van der Waals surface area contributed by atoms with Gasteiger partial charge < -0.3 is 15.4 Å². The monoisotopic (exact) mass is 242 g/mol. The summed E-state index contributed by atoms with van der Waals surface area (Å²) in [5, 5.41) is 6.27. The minimum absolute atomic E-state index is 0.0683. The normalized spacial score (nSPS) is 19.6. The SMILES string of the molecule is COCC(C)NC(=O)CNC1CCCCCC1. The molecule has 1 amide bonds. The maximum atomic E-state index is 11.6. The number of ether oxygens (including phenoxy) is 1. The Morgan fingerprint density at radius 2 is 1.94 bits per heavy atom. The van der Waals surface area contributed by atoms with Gasteiger partial charge >= 0.3 is 0 Å². The van der Waals surface area contributed by atoms with E-state index in [1.165, 1.54) is 38.5 Å². The summed E-state index contributed by atoms with van der Waals surface area (Å²) in [6.45, 7) is 2.95. The lowest BCUT2D eigenvalue weighted by atomic mass is 10.1. The summed E-state index contributed by atoms with van der Waals surface area (Å²) >= 11 is 0. The molecular weight excluding hydrogens is 216 g/mol. The predicted octanol–water partition coefficient (Wildman–Crippen LogP) is 1.45. The van der Waals surface area contributed by atoms with Crippen molar-refractivity contribution in [2.24, 2.45) is 0 Å². The van der Waals surface area contributed by atoms with E-state index in [0.717, 1.165) is 0 Å². The van der Waals surface area contributed by atoms with Gasteiger partial charge in [0, 0.05) is 19.2 Å². The van der Waals surface area contributed by atoms with Crippen molar-refractivity contribution in [3.8, 4) is 0 Å². The first kappa shape index (κ1) is 14.5. The zero-order chi connectivity index (χ0) is 12.5. The number of hydrogen-bond donors (Lipinski definition) is 2. The van der Waals surface area contributed by atoms with Crippen LogP contribution in [0, 0.1) is 0 Å². The van der Waals surface area contributed by atoms with Crippen LogP contribution in [-0.4, -0.2) is 38.3 Å². The number of hydrogen-bond acceptors (Lipinski definition) is 3. The highest BCUT2D eigenvalue weighted by molar-refractivity contribution is 5.78. The summed E-state index contributed by atoms with van der Waals surface area (Å²) in [4.78, 5) is 11.6. The van der Waals surface area contributed by atoms with E-state index in [-0.39, 0.29) is 11.9 Å². The van der Waals surface area contributed by atoms with Gasteiger partial charge in [0.15, 0.2) is 0 Å². The maximum Gasteiger partial charge on any atom is 0.234 e. The molecule has 4 heteroatoms. The van der Waals surface area contributed by atoms with Crippen LogP contribution in [0.25, 0.3) is 0 Å². The molecule has 1 saturated carbocycles. The summed E-state index contributed by atoms with van der Waals surface area (Å²) in [5.41, 5.74) is 0. The molecule has 17 heavy (non-hydrogen) atoms. The van der Waals surface area contributed by atoms with Crippen molar-refractivity contribution in [2.45, 2.75) is 57.5 Å². The van der Waals surface area contributed by atoms with Crippen LogP contribution in [0.2, 0.25) is 0 Å². The van der Waals surface area contributed by atoms with Gasteiger partial charge in [-0.25, -0.2) is 0 Å². The zero-order valence-electron chi connectivity index (χ0n) is 11.1. The molecule has 0 aliphatic heterocycles. The van der Waals surface area contributed by atoms with Crippen LogP contribution in [-0.2, 0) is 9.53 Å². The van der Waals surface area contributed by atoms with Crippen molar-refractivity contribution >= 4 is 5.91 Å². The van der Waals surface area contributed by atoms with E-state index in [1.54, 1.807) is 7.11 Å². The molecule has 2 N–H and O–H groups in total. The van der Waals surface area contributed by atoms with Crippen molar-refractivity contribution in [3.63, 3.8) is 0 Å². The molecule has 0 heterocycles. The number of rotatable bonds is 6. The molecule has 1 unspecified atom stereocenters. The summed E-state index contributed by atoms with van der Waals surface area (Å²) < 4.78 is 4.98. The molecule has 100 valence electrons. The molecule has 0 aromatic rings. The van der Waals surface area contributed by atoms with Gasteiger partial charge in [-0.1, -0.05) is 25.7 Å². The van der Waals surface area contributed by atoms with Gasteiger partial charge in [0.25, 0.3) is 0 Å². The van der Waals surface area contributed by atoms with Crippen LogP contribution in [0.15, 0.2) is 0 Å². The van der Waals surface area contributed by atoms with Crippen LogP contribution >= 0.6 is 0 Å². The molecule has 0 aromatic heterocycles. The first-order chi connectivity index (χ1) is 8.22. The third kappa shape index (κ3) is 6.64. The van der Waals surface area contributed by atoms with E-state index >= 15 is 0 Å². The second-order valence-corrected chi connectivity index (χ2v) is 4.99. The van der Waals surface area contributed by atoms with Gasteiger partial charge in [-0.3, -0.25) is 4.79 Å². The summed E-state index contributed by atoms with van der Waals surface area (Å²) in [7, 11) is 1.65. The van der Waals surface area contributed by atoms with Crippen LogP contribution in [0.3, 0.4) is 0 Å². The fraction of sp³-hybridized carbons (Fsp3) is 0.923. The molecule has 1 fully saturated rings. The highest BCUT2D eigenvalue weighted by Crippen LogP contribution is 2.16. The first-order valence-corrected chi connectivity index (χ1v) is 6.74. The van der Waals surface area contributed by atoms with E-state index in [1.807, 2.05) is 6.92 Å². The fourth-order valence-corrected chi connectivity index (χ4v) is 2.34. The lowest BCUT2D eigenvalue weighted by molar-refractivity contribution is -0.121. The standard InChI is InChI=1S/C13H26N2O2/c1-11(10-17-2)15-13(16)9-14-12-7-5-3-4-6-8-12/h11-12,14H,3-10H2,1-2H3,(H,15,16). The summed E-state index contributed by atoms with van der Waals surface area (Å²) in [5.74, 6) is 0.0683. The van der Waals surface area contributed by atoms with Gasteiger partial charge in [-0.15, -0.1) is 0 Å². The quantitative estimate of drug-likeness (QED) is 0.693. The van der Waals surface area contributed by atoms with Crippen molar-refractivity contribution in [1.82, 2.24) is 10.6 Å². The Kier molecular flexibility index (Phi) is 7.21. The van der Waals surface area contributed by atoms with Crippen molar-refractivity contribution in [3.05, 3.63) is 0 Å². The topological polar surface area (TPSA) is 50.4 Å². The Hall–Kier alpha value is -0.610. The third-order valence-electron chi connectivity index (χ3n) is 3.23. The fourth-order valence-electron chi connectivity index (χ4n) is 2.34. The van der Waals surface area contributed by atoms with Crippen LogP contribution < -0.4 is 10.6 Å². The van der Waals surface area contributed by atoms with Gasteiger partial charge in [-0.2, -0.15) is 0 Å². The Morgan fingerprint density at radius 1 is 1.29 bits per heavy atom. The lowest BCUT2D eigenvalue weighted by Gasteiger charge is -2.17. The van der Waals surface area contributed by atoms with E-state index in [0.29, 0.717) is 19.2 Å². The largest absolute Gasteiger partial charge is 0.383 e. The second kappa shape index (κ2) is 8.48. The number of carbonyl (C=O) groups excluding carboxylic acids is 1. The minimum atomic E-state index is 0.0683. The van der Waals surface area contributed by atoms with E-state index in [2.05, 4.69) is 10.6 Å². The highest BCUT2D eigenvalue weighted by atomic mass is 16.5. The van der Waals surface area contributed by atoms with Crippen LogP contribution in [0.1, 0.15) is 45.4 Å². The number of methoxy groups -OCH3 is 1. The first-order valence-electron chi connectivity index (χ1n) is 6.74. The predicted molar refractivity (Wildman–Crippen MR) is 69.0 cm³/mol. The van der Waals surface area contributed by atoms with Gasteiger partial charge in [0.1, 0.15) is 0 Å². The molecule has 1 atom stereocenters. The molecule has 0 saturated heterocycles. The molecule has 1 aliphatic rings. The Morgan fingerprint density at radius 3 is 2.53 bits per heavy atom. The molecule has 0 aromatic carbocycles. The maximum absolute atomic E-state index is 11.6. The average Bonchev–Trinajstić information content (AvgIpc) is 2.55. The van der Waals surface area contributed by atoms with E-state index in [4.69, 9.17) is 4.74 Å². The van der Waals surface area contributed by atoms with Crippen molar-refractivity contribution in [1.29, 1.82) is 0 Å². The second-order valence-electron chi connectivity index (χ2n) is 4.99. The molecule has 0 spiro atoms. The van der Waals surface area contributed by atoms with Gasteiger partial charge in [0.05, 0.1) is 13.2 Å².